The maximum absolute atomic E-state index is 9.05. The molecule has 3 nitrogen and oxygen atoms in total. The largest absolute Gasteiger partial charge is 0.492 e. The Bertz CT molecular complexity index is 392. The second-order valence-corrected chi connectivity index (χ2v) is 2.49. The highest BCUT2D eigenvalue weighted by atomic mass is 16.3. The molecule has 0 amide bonds. The molecule has 0 saturated heterocycles. The van der Waals surface area contributed by atoms with Crippen LogP contribution >= 0.6 is 0 Å². The number of fused-ring (bicyclic) bond motifs is 1. The van der Waals surface area contributed by atoms with Gasteiger partial charge in [0.25, 0.3) is 0 Å². The predicted octanol–water partition coefficient (Wildman–Crippen LogP) is 1.35. The fourth-order valence-corrected chi connectivity index (χ4v) is 1.14. The van der Waals surface area contributed by atoms with Gasteiger partial charge < -0.3 is 9.51 Å². The van der Waals surface area contributed by atoms with E-state index in [9.17, 15) is 0 Å². The Labute approximate surface area is 63.9 Å². The van der Waals surface area contributed by atoms with Crippen LogP contribution in [0.4, 0.5) is 0 Å². The molecule has 0 aliphatic rings. The van der Waals surface area contributed by atoms with Crippen molar-refractivity contribution in [3.8, 4) is 5.88 Å². The van der Waals surface area contributed by atoms with Crippen LogP contribution in [0.5, 0.6) is 5.88 Å². The van der Waals surface area contributed by atoms with Crippen LogP contribution in [0.2, 0.25) is 0 Å². The predicted molar refractivity (Wildman–Crippen MR) is 41.6 cm³/mol. The maximum atomic E-state index is 9.05. The van der Waals surface area contributed by atoms with Gasteiger partial charge in [-0.25, -0.2) is 0 Å². The highest BCUT2D eigenvalue weighted by molar-refractivity contribution is 5.42. The van der Waals surface area contributed by atoms with Gasteiger partial charge in [-0.1, -0.05) is 6.07 Å². The van der Waals surface area contributed by atoms with Crippen molar-refractivity contribution in [1.82, 2.24) is 9.38 Å². The summed E-state index contributed by atoms with van der Waals surface area (Å²) in [6.45, 7) is 1.97. The van der Waals surface area contributed by atoms with Crippen molar-refractivity contribution in [2.24, 2.45) is 0 Å². The van der Waals surface area contributed by atoms with Crippen LogP contribution in [0.1, 0.15) is 5.69 Å². The van der Waals surface area contributed by atoms with Crippen molar-refractivity contribution in [3.63, 3.8) is 0 Å². The van der Waals surface area contributed by atoms with E-state index >= 15 is 0 Å². The number of nitrogens with zero attached hydrogens (tertiary/aromatic N) is 2. The lowest BCUT2D eigenvalue weighted by atomic mass is 10.4. The summed E-state index contributed by atoms with van der Waals surface area (Å²) in [6.07, 6.45) is 1.60. The van der Waals surface area contributed by atoms with E-state index in [0.29, 0.717) is 0 Å². The van der Waals surface area contributed by atoms with E-state index in [-0.39, 0.29) is 5.88 Å². The number of hydrogen-bond acceptors (Lipinski definition) is 2. The van der Waals surface area contributed by atoms with Crippen molar-refractivity contribution in [3.05, 3.63) is 30.1 Å². The zero-order valence-corrected chi connectivity index (χ0v) is 6.15. The molecule has 0 fully saturated rings. The van der Waals surface area contributed by atoms with Crippen LogP contribution in [0.3, 0.4) is 0 Å². The molecule has 0 atom stereocenters. The quantitative estimate of drug-likeness (QED) is 0.612. The second kappa shape index (κ2) is 1.99. The molecule has 2 rings (SSSR count). The minimum Gasteiger partial charge on any atom is -0.492 e. The van der Waals surface area contributed by atoms with Crippen LogP contribution in [-0.4, -0.2) is 14.5 Å². The summed E-state index contributed by atoms with van der Waals surface area (Å²) in [4.78, 5) is 3.89. The first-order valence-electron chi connectivity index (χ1n) is 3.41. The molecule has 2 aromatic rings. The average molecular weight is 148 g/mol. The lowest BCUT2D eigenvalue weighted by Crippen LogP contribution is -1.86. The van der Waals surface area contributed by atoms with Crippen LogP contribution in [0.15, 0.2) is 24.4 Å². The first-order valence-corrected chi connectivity index (χ1v) is 3.41. The molecule has 0 unspecified atom stereocenters. The van der Waals surface area contributed by atoms with E-state index in [4.69, 9.17) is 5.11 Å². The first-order chi connectivity index (χ1) is 5.27. The topological polar surface area (TPSA) is 37.5 Å². The average Bonchev–Trinajstić information content (AvgIpc) is 2.31. The number of hydrogen-bond donors (Lipinski definition) is 1. The van der Waals surface area contributed by atoms with Crippen LogP contribution in [0, 0.1) is 6.92 Å². The van der Waals surface area contributed by atoms with Gasteiger partial charge in [0, 0.05) is 5.69 Å². The van der Waals surface area contributed by atoms with Crippen molar-refractivity contribution in [2.45, 2.75) is 6.92 Å². The van der Waals surface area contributed by atoms with Crippen molar-refractivity contribution in [2.75, 3.05) is 0 Å². The SMILES string of the molecule is Cc1cccc2nc(O)cn12. The van der Waals surface area contributed by atoms with Crippen molar-refractivity contribution < 1.29 is 5.11 Å². The Morgan fingerprint density at radius 1 is 1.45 bits per heavy atom. The van der Waals surface area contributed by atoms with Gasteiger partial charge in [-0.15, -0.1) is 0 Å². The Kier molecular flexibility index (Phi) is 1.12. The third kappa shape index (κ3) is 0.852. The van der Waals surface area contributed by atoms with Gasteiger partial charge in [-0.3, -0.25) is 0 Å². The molecule has 0 aliphatic carbocycles. The zero-order valence-electron chi connectivity index (χ0n) is 6.15. The fourth-order valence-electron chi connectivity index (χ4n) is 1.14. The van der Waals surface area contributed by atoms with Gasteiger partial charge in [0.05, 0.1) is 6.20 Å². The lowest BCUT2D eigenvalue weighted by molar-refractivity contribution is 0.457. The van der Waals surface area contributed by atoms with E-state index in [1.54, 1.807) is 6.20 Å². The van der Waals surface area contributed by atoms with Crippen LogP contribution < -0.4 is 0 Å². The normalized spacial score (nSPS) is 10.6. The molecule has 2 heterocycles. The first kappa shape index (κ1) is 6.22. The molecular weight excluding hydrogens is 140 g/mol. The van der Waals surface area contributed by atoms with Crippen LogP contribution in [0.25, 0.3) is 5.65 Å². The highest BCUT2D eigenvalue weighted by Gasteiger charge is 1.98. The minimum atomic E-state index is 0.0688. The number of aromatic nitrogens is 2. The summed E-state index contributed by atoms with van der Waals surface area (Å²) in [5.74, 6) is 0.0688. The van der Waals surface area contributed by atoms with Crippen molar-refractivity contribution in [1.29, 1.82) is 0 Å². The molecule has 2 aromatic heterocycles. The molecule has 0 radical (unpaired) electrons. The molecular formula is C8H8N2O. The highest BCUT2D eigenvalue weighted by Crippen LogP contribution is 2.11. The molecule has 3 heteroatoms. The lowest BCUT2D eigenvalue weighted by Gasteiger charge is -1.95. The standard InChI is InChI=1S/C8H8N2O/c1-6-3-2-4-7-9-8(11)5-10(6)7/h2-5,11H,1H3. The van der Waals surface area contributed by atoms with E-state index < -0.39 is 0 Å². The number of aromatic hydroxyl groups is 1. The Hall–Kier alpha value is -1.51. The molecule has 0 saturated carbocycles. The van der Waals surface area contributed by atoms with Gasteiger partial charge in [0.1, 0.15) is 5.65 Å². The van der Waals surface area contributed by atoms with Gasteiger partial charge >= 0.3 is 0 Å². The smallest absolute Gasteiger partial charge is 0.230 e. The Balaban J connectivity index is 2.90. The third-order valence-corrected chi connectivity index (χ3v) is 1.68. The second-order valence-electron chi connectivity index (χ2n) is 2.49. The summed E-state index contributed by atoms with van der Waals surface area (Å²) in [5.41, 5.74) is 1.85. The van der Waals surface area contributed by atoms with E-state index in [2.05, 4.69) is 4.98 Å². The number of imidazole rings is 1. The molecule has 11 heavy (non-hydrogen) atoms. The number of aryl methyl sites for hydroxylation is 1. The monoisotopic (exact) mass is 148 g/mol. The minimum absolute atomic E-state index is 0.0688. The zero-order chi connectivity index (χ0) is 7.84. The van der Waals surface area contributed by atoms with E-state index in [0.717, 1.165) is 11.3 Å². The third-order valence-electron chi connectivity index (χ3n) is 1.68. The molecule has 0 aliphatic heterocycles. The molecule has 1 N–H and O–H groups in total. The maximum Gasteiger partial charge on any atom is 0.230 e. The Morgan fingerprint density at radius 2 is 2.27 bits per heavy atom. The summed E-state index contributed by atoms with van der Waals surface area (Å²) >= 11 is 0. The fraction of sp³-hybridized carbons (Fsp3) is 0.125. The van der Waals surface area contributed by atoms with Crippen LogP contribution in [-0.2, 0) is 0 Å². The summed E-state index contributed by atoms with van der Waals surface area (Å²) in [6, 6.07) is 5.73. The van der Waals surface area contributed by atoms with Gasteiger partial charge in [-0.2, -0.15) is 4.98 Å². The number of pyridine rings is 1. The van der Waals surface area contributed by atoms with Gasteiger partial charge in [-0.05, 0) is 19.1 Å². The molecule has 56 valence electrons. The summed E-state index contributed by atoms with van der Waals surface area (Å²) < 4.78 is 1.84. The summed E-state index contributed by atoms with van der Waals surface area (Å²) in [7, 11) is 0. The molecule has 0 bridgehead atoms. The molecule has 0 spiro atoms. The van der Waals surface area contributed by atoms with E-state index in [1.165, 1.54) is 0 Å². The summed E-state index contributed by atoms with van der Waals surface area (Å²) in [5, 5.41) is 9.05. The van der Waals surface area contributed by atoms with Gasteiger partial charge in [0.2, 0.25) is 5.88 Å². The van der Waals surface area contributed by atoms with Gasteiger partial charge in [0.15, 0.2) is 0 Å². The Morgan fingerprint density at radius 3 is 3.00 bits per heavy atom. The van der Waals surface area contributed by atoms with Crippen molar-refractivity contribution >= 4 is 5.65 Å². The molecule has 0 aromatic carbocycles. The number of rotatable bonds is 0. The van der Waals surface area contributed by atoms with E-state index in [1.807, 2.05) is 29.5 Å².